The Kier molecular flexibility index (Phi) is 7.35. The molecular weight excluding hydrogens is 400 g/mol. The monoisotopic (exact) mass is 428 g/mol. The summed E-state index contributed by atoms with van der Waals surface area (Å²) in [6, 6.07) is 15.4. The second-order valence-electron chi connectivity index (χ2n) is 8.38. The third kappa shape index (κ3) is 5.51. The van der Waals surface area contributed by atoms with Gasteiger partial charge in [-0.1, -0.05) is 55.8 Å². The predicted molar refractivity (Wildman–Crippen MR) is 119 cm³/mol. The van der Waals surface area contributed by atoms with Crippen molar-refractivity contribution in [2.45, 2.75) is 52.6 Å². The van der Waals surface area contributed by atoms with Crippen molar-refractivity contribution in [3.05, 3.63) is 76.3 Å². The van der Waals surface area contributed by atoms with E-state index < -0.39 is 5.41 Å². The molecule has 30 heavy (non-hydrogen) atoms. The fraction of sp³-hybridized carbons (Fsp3) is 0.400. The van der Waals surface area contributed by atoms with Crippen molar-refractivity contribution in [2.75, 3.05) is 7.11 Å². The highest BCUT2D eigenvalue weighted by Crippen LogP contribution is 2.37. The van der Waals surface area contributed by atoms with Crippen LogP contribution in [0, 0.1) is 5.41 Å². The smallest absolute Gasteiger partial charge is 0.158 e. The quantitative estimate of drug-likeness (QED) is 0.562. The number of carbonyl (C=O) groups is 1. The Labute approximate surface area is 183 Å². The van der Waals surface area contributed by atoms with Crippen molar-refractivity contribution < 1.29 is 19.0 Å². The first-order valence-electron chi connectivity index (χ1n) is 10.1. The molecule has 1 aliphatic carbocycles. The molecule has 2 atom stereocenters. The first kappa shape index (κ1) is 22.5. The van der Waals surface area contributed by atoms with Gasteiger partial charge in [0.1, 0.15) is 11.9 Å². The number of benzene rings is 2. The van der Waals surface area contributed by atoms with Gasteiger partial charge in [-0.3, -0.25) is 4.79 Å². The lowest BCUT2D eigenvalue weighted by Crippen LogP contribution is -2.42. The maximum atomic E-state index is 12.6. The highest BCUT2D eigenvalue weighted by Gasteiger charge is 2.41. The van der Waals surface area contributed by atoms with Crippen LogP contribution in [0.5, 0.6) is 5.75 Å². The van der Waals surface area contributed by atoms with Gasteiger partial charge in [-0.05, 0) is 47.9 Å². The molecule has 0 fully saturated rings. The van der Waals surface area contributed by atoms with Crippen LogP contribution < -0.4 is 4.74 Å². The van der Waals surface area contributed by atoms with Gasteiger partial charge in [-0.2, -0.15) is 0 Å². The van der Waals surface area contributed by atoms with E-state index in [0.717, 1.165) is 16.9 Å². The Bertz CT molecular complexity index is 902. The maximum absolute atomic E-state index is 12.6. The Balaban J connectivity index is 1.80. The minimum atomic E-state index is -0.392. The Hall–Kier alpha value is -2.14. The fourth-order valence-corrected chi connectivity index (χ4v) is 3.88. The van der Waals surface area contributed by atoms with Crippen molar-refractivity contribution in [2.24, 2.45) is 5.41 Å². The molecule has 2 aromatic rings. The van der Waals surface area contributed by atoms with E-state index in [1.165, 1.54) is 0 Å². The van der Waals surface area contributed by atoms with Crippen LogP contribution in [-0.4, -0.2) is 25.1 Å². The number of ketones is 1. The number of Topliss-reactive ketones (excluding diaryl/α,β-unsaturated/α-hetero) is 1. The fourth-order valence-electron chi connectivity index (χ4n) is 3.69. The molecule has 0 aromatic heterocycles. The molecule has 0 saturated carbocycles. The molecule has 3 rings (SSSR count). The van der Waals surface area contributed by atoms with Gasteiger partial charge in [0.15, 0.2) is 5.78 Å². The lowest BCUT2D eigenvalue weighted by atomic mass is 9.80. The van der Waals surface area contributed by atoms with Crippen LogP contribution in [0.15, 0.2) is 60.2 Å². The highest BCUT2D eigenvalue weighted by atomic mass is 35.5. The van der Waals surface area contributed by atoms with Crippen LogP contribution in [-0.2, 0) is 27.5 Å². The first-order valence-corrected chi connectivity index (χ1v) is 10.5. The van der Waals surface area contributed by atoms with Gasteiger partial charge in [0, 0.05) is 16.9 Å². The Morgan fingerprint density at radius 1 is 1.03 bits per heavy atom. The summed E-state index contributed by atoms with van der Waals surface area (Å²) in [5.41, 5.74) is 2.27. The van der Waals surface area contributed by atoms with Gasteiger partial charge in [0.2, 0.25) is 0 Å². The number of methoxy groups -OCH3 is 1. The highest BCUT2D eigenvalue weighted by molar-refractivity contribution is 6.31. The number of rotatable bonds is 7. The van der Waals surface area contributed by atoms with Crippen LogP contribution >= 0.6 is 11.6 Å². The molecule has 1 aliphatic rings. The lowest BCUT2D eigenvalue weighted by molar-refractivity contribution is -0.129. The Morgan fingerprint density at radius 3 is 2.40 bits per heavy atom. The molecule has 0 N–H and O–H groups in total. The predicted octanol–water partition coefficient (Wildman–Crippen LogP) is 5.76. The molecule has 2 unspecified atom stereocenters. The lowest BCUT2D eigenvalue weighted by Gasteiger charge is -2.36. The second-order valence-corrected chi connectivity index (χ2v) is 8.79. The van der Waals surface area contributed by atoms with E-state index in [0.29, 0.717) is 30.2 Å². The first-order chi connectivity index (χ1) is 14.3. The largest absolute Gasteiger partial charge is 0.497 e. The molecular formula is C25H29ClO4. The van der Waals surface area contributed by atoms with Crippen molar-refractivity contribution in [1.29, 1.82) is 0 Å². The van der Waals surface area contributed by atoms with E-state index in [2.05, 4.69) is 13.8 Å². The normalized spacial score (nSPS) is 21.1. The summed E-state index contributed by atoms with van der Waals surface area (Å²) >= 11 is 6.31. The van der Waals surface area contributed by atoms with Gasteiger partial charge in [-0.25, -0.2) is 0 Å². The van der Waals surface area contributed by atoms with Crippen LogP contribution in [0.3, 0.4) is 0 Å². The molecule has 4 nitrogen and oxygen atoms in total. The third-order valence-corrected chi connectivity index (χ3v) is 5.89. The number of allylic oxidation sites excluding steroid dienone is 1. The SMILES string of the molecule is COc1ccc(COC2C=C(C)C(=O)CC(C)(C)C2OCc2ccccc2Cl)cc1. The zero-order chi connectivity index (χ0) is 21.7. The molecule has 2 aromatic carbocycles. The van der Waals surface area contributed by atoms with E-state index in [1.54, 1.807) is 7.11 Å². The molecule has 0 radical (unpaired) electrons. The molecule has 0 aliphatic heterocycles. The minimum absolute atomic E-state index is 0.127. The van der Waals surface area contributed by atoms with Crippen LogP contribution in [0.25, 0.3) is 0 Å². The van der Waals surface area contributed by atoms with Crippen LogP contribution in [0.4, 0.5) is 0 Å². The summed E-state index contributed by atoms with van der Waals surface area (Å²) in [6.07, 6.45) is 1.66. The standard InChI is InChI=1S/C25H29ClO4/c1-17-13-23(29-15-18-9-11-20(28-4)12-10-18)24(25(2,3)14-22(17)27)30-16-19-7-5-6-8-21(19)26/h5-13,23-24H,14-16H2,1-4H3. The maximum Gasteiger partial charge on any atom is 0.158 e. The molecule has 0 amide bonds. The van der Waals surface area contributed by atoms with Gasteiger partial charge < -0.3 is 14.2 Å². The van der Waals surface area contributed by atoms with Crippen molar-refractivity contribution in [3.63, 3.8) is 0 Å². The number of halogens is 1. The van der Waals surface area contributed by atoms with E-state index in [1.807, 2.05) is 61.5 Å². The summed E-state index contributed by atoms with van der Waals surface area (Å²) < 4.78 is 17.8. The molecule has 0 bridgehead atoms. The summed E-state index contributed by atoms with van der Waals surface area (Å²) in [7, 11) is 1.64. The van der Waals surface area contributed by atoms with Crippen molar-refractivity contribution in [1.82, 2.24) is 0 Å². The zero-order valence-corrected chi connectivity index (χ0v) is 18.7. The molecule has 0 spiro atoms. The third-order valence-electron chi connectivity index (χ3n) is 5.52. The average molecular weight is 429 g/mol. The number of hydrogen-bond acceptors (Lipinski definition) is 4. The molecule has 0 heterocycles. The molecule has 5 heteroatoms. The summed E-state index contributed by atoms with van der Waals surface area (Å²) in [5, 5.41) is 0.669. The van der Waals surface area contributed by atoms with E-state index >= 15 is 0 Å². The number of carbonyl (C=O) groups excluding carboxylic acids is 1. The topological polar surface area (TPSA) is 44.8 Å². The second kappa shape index (κ2) is 9.78. The number of ether oxygens (including phenoxy) is 3. The van der Waals surface area contributed by atoms with Crippen LogP contribution in [0.1, 0.15) is 38.3 Å². The number of hydrogen-bond donors (Lipinski definition) is 0. The van der Waals surface area contributed by atoms with Gasteiger partial charge in [0.25, 0.3) is 0 Å². The van der Waals surface area contributed by atoms with Crippen molar-refractivity contribution >= 4 is 17.4 Å². The summed E-state index contributed by atoms with van der Waals surface area (Å²) in [5.74, 6) is 0.929. The van der Waals surface area contributed by atoms with E-state index in [4.69, 9.17) is 25.8 Å². The molecule has 0 saturated heterocycles. The van der Waals surface area contributed by atoms with Crippen molar-refractivity contribution in [3.8, 4) is 5.75 Å². The van der Waals surface area contributed by atoms with E-state index in [9.17, 15) is 4.79 Å². The Morgan fingerprint density at radius 2 is 1.73 bits per heavy atom. The minimum Gasteiger partial charge on any atom is -0.497 e. The zero-order valence-electron chi connectivity index (χ0n) is 18.0. The van der Waals surface area contributed by atoms with Gasteiger partial charge in [0.05, 0.1) is 26.4 Å². The van der Waals surface area contributed by atoms with Gasteiger partial charge >= 0.3 is 0 Å². The summed E-state index contributed by atoms with van der Waals surface area (Å²) in [4.78, 5) is 12.6. The average Bonchev–Trinajstić information content (AvgIpc) is 2.80. The summed E-state index contributed by atoms with van der Waals surface area (Å²) in [6.45, 7) is 6.72. The molecule has 160 valence electrons. The van der Waals surface area contributed by atoms with Crippen LogP contribution in [0.2, 0.25) is 5.02 Å². The van der Waals surface area contributed by atoms with Gasteiger partial charge in [-0.15, -0.1) is 0 Å². The van der Waals surface area contributed by atoms with E-state index in [-0.39, 0.29) is 18.0 Å².